The first-order chi connectivity index (χ1) is 7.04. The zero-order valence-electron chi connectivity index (χ0n) is 8.45. The maximum Gasteiger partial charge on any atom is 0.338 e. The summed E-state index contributed by atoms with van der Waals surface area (Å²) in [5, 5.41) is 8.76. The Balaban J connectivity index is 2.69. The minimum atomic E-state index is -0.554. The quantitative estimate of drug-likeness (QED) is 0.466. The Hall–Kier alpha value is -1.81. The fourth-order valence-corrected chi connectivity index (χ4v) is 0.862. The highest BCUT2D eigenvalue weighted by Gasteiger charge is 2.11. The Morgan fingerprint density at radius 3 is 2.67 bits per heavy atom. The van der Waals surface area contributed by atoms with Crippen molar-refractivity contribution in [2.75, 3.05) is 0 Å². The number of hydrogen-bond donors (Lipinski definition) is 1. The van der Waals surface area contributed by atoms with Crippen LogP contribution in [0, 0.1) is 0 Å². The second-order valence-electron chi connectivity index (χ2n) is 3.02. The van der Waals surface area contributed by atoms with E-state index in [1.807, 2.05) is 0 Å². The zero-order chi connectivity index (χ0) is 11.4. The van der Waals surface area contributed by atoms with Crippen molar-refractivity contribution in [1.82, 2.24) is 0 Å². The lowest BCUT2D eigenvalue weighted by Gasteiger charge is -2.03. The Labute approximate surface area is 87.5 Å². The molecular formula is C11H12O4. The van der Waals surface area contributed by atoms with E-state index in [1.54, 1.807) is 12.1 Å². The summed E-state index contributed by atoms with van der Waals surface area (Å²) in [7, 11) is 0. The van der Waals surface area contributed by atoms with Crippen molar-refractivity contribution < 1.29 is 19.1 Å². The maximum atomic E-state index is 11.1. The van der Waals surface area contributed by atoms with Crippen LogP contribution in [0.15, 0.2) is 35.3 Å². The van der Waals surface area contributed by atoms with Crippen LogP contribution in [0.5, 0.6) is 0 Å². The smallest absolute Gasteiger partial charge is 0.338 e. The minimum absolute atomic E-state index is 0.0997. The summed E-state index contributed by atoms with van der Waals surface area (Å²) in [4.78, 5) is 11.1. The SMILES string of the molecule is C=C(C)C(=O)OC(=C)c1ccc(CO)o1. The summed E-state index contributed by atoms with van der Waals surface area (Å²) in [5.74, 6) is 0.246. The highest BCUT2D eigenvalue weighted by atomic mass is 16.5. The molecule has 1 rings (SSSR count). The molecule has 0 aromatic carbocycles. The van der Waals surface area contributed by atoms with Crippen LogP contribution in [0.1, 0.15) is 18.4 Å². The second kappa shape index (κ2) is 4.61. The number of carbonyl (C=O) groups is 1. The van der Waals surface area contributed by atoms with E-state index in [4.69, 9.17) is 14.3 Å². The van der Waals surface area contributed by atoms with E-state index in [1.165, 1.54) is 6.92 Å². The first-order valence-corrected chi connectivity index (χ1v) is 4.31. The minimum Gasteiger partial charge on any atom is -0.455 e. The molecule has 0 aliphatic rings. The van der Waals surface area contributed by atoms with Crippen LogP contribution in [0.25, 0.3) is 5.76 Å². The van der Waals surface area contributed by atoms with Crippen LogP contribution in [-0.2, 0) is 16.1 Å². The summed E-state index contributed by atoms with van der Waals surface area (Å²) in [6, 6.07) is 3.15. The molecule has 0 amide bonds. The van der Waals surface area contributed by atoms with Crippen LogP contribution >= 0.6 is 0 Å². The third kappa shape index (κ3) is 2.82. The van der Waals surface area contributed by atoms with Gasteiger partial charge >= 0.3 is 5.97 Å². The molecule has 1 aromatic heterocycles. The Kier molecular flexibility index (Phi) is 3.46. The molecule has 0 fully saturated rings. The maximum absolute atomic E-state index is 11.1. The van der Waals surface area contributed by atoms with Crippen molar-refractivity contribution >= 4 is 11.7 Å². The van der Waals surface area contributed by atoms with Crippen LogP contribution < -0.4 is 0 Å². The molecule has 0 aliphatic carbocycles. The lowest BCUT2D eigenvalue weighted by Crippen LogP contribution is -2.03. The van der Waals surface area contributed by atoms with Gasteiger partial charge in [-0.3, -0.25) is 0 Å². The molecule has 0 bridgehead atoms. The summed E-state index contributed by atoms with van der Waals surface area (Å²) in [6.45, 7) is 8.30. The van der Waals surface area contributed by atoms with E-state index < -0.39 is 5.97 Å². The molecule has 15 heavy (non-hydrogen) atoms. The highest BCUT2D eigenvalue weighted by molar-refractivity contribution is 5.90. The van der Waals surface area contributed by atoms with Crippen molar-refractivity contribution in [2.24, 2.45) is 0 Å². The van der Waals surface area contributed by atoms with Gasteiger partial charge in [-0.1, -0.05) is 13.2 Å². The summed E-state index contributed by atoms with van der Waals surface area (Å²) >= 11 is 0. The van der Waals surface area contributed by atoms with E-state index in [-0.39, 0.29) is 17.9 Å². The molecular weight excluding hydrogens is 196 g/mol. The summed E-state index contributed by atoms with van der Waals surface area (Å²) in [5.41, 5.74) is 0.282. The van der Waals surface area contributed by atoms with Crippen LogP contribution in [0.4, 0.5) is 0 Å². The normalized spacial score (nSPS) is 9.73. The molecule has 0 spiro atoms. The van der Waals surface area contributed by atoms with Crippen LogP contribution in [0.2, 0.25) is 0 Å². The molecule has 80 valence electrons. The van der Waals surface area contributed by atoms with E-state index in [0.29, 0.717) is 11.5 Å². The third-order valence-corrected chi connectivity index (χ3v) is 1.66. The Morgan fingerprint density at radius 1 is 1.53 bits per heavy atom. The standard InChI is InChI=1S/C11H12O4/c1-7(2)11(13)14-8(3)10-5-4-9(6-12)15-10/h4-5,12H,1,3,6H2,2H3. The van der Waals surface area contributed by atoms with Crippen molar-refractivity contribution in [3.63, 3.8) is 0 Å². The fraction of sp³-hybridized carbons (Fsp3) is 0.182. The molecule has 0 aliphatic heterocycles. The van der Waals surface area contributed by atoms with Crippen molar-refractivity contribution in [3.8, 4) is 0 Å². The first-order valence-electron chi connectivity index (χ1n) is 4.31. The Morgan fingerprint density at radius 2 is 2.20 bits per heavy atom. The molecule has 0 saturated carbocycles. The average Bonchev–Trinajstić information content (AvgIpc) is 2.65. The van der Waals surface area contributed by atoms with Crippen LogP contribution in [0.3, 0.4) is 0 Å². The van der Waals surface area contributed by atoms with Gasteiger partial charge < -0.3 is 14.3 Å². The molecule has 1 N–H and O–H groups in total. The Bertz CT molecular complexity index is 400. The monoisotopic (exact) mass is 208 g/mol. The number of furan rings is 1. The van der Waals surface area contributed by atoms with Crippen molar-refractivity contribution in [3.05, 3.63) is 42.4 Å². The van der Waals surface area contributed by atoms with E-state index in [2.05, 4.69) is 13.2 Å². The van der Waals surface area contributed by atoms with Gasteiger partial charge in [0.2, 0.25) is 0 Å². The average molecular weight is 208 g/mol. The van der Waals surface area contributed by atoms with E-state index >= 15 is 0 Å². The van der Waals surface area contributed by atoms with Gasteiger partial charge in [0.15, 0.2) is 11.5 Å². The number of rotatable bonds is 4. The second-order valence-corrected chi connectivity index (χ2v) is 3.02. The molecule has 4 nitrogen and oxygen atoms in total. The lowest BCUT2D eigenvalue weighted by molar-refractivity contribution is -0.132. The van der Waals surface area contributed by atoms with Gasteiger partial charge in [0.25, 0.3) is 0 Å². The van der Waals surface area contributed by atoms with E-state index in [9.17, 15) is 4.79 Å². The molecule has 0 radical (unpaired) electrons. The third-order valence-electron chi connectivity index (χ3n) is 1.66. The van der Waals surface area contributed by atoms with Gasteiger partial charge in [-0.25, -0.2) is 4.79 Å². The van der Waals surface area contributed by atoms with Gasteiger partial charge in [0.1, 0.15) is 12.4 Å². The lowest BCUT2D eigenvalue weighted by atomic mass is 10.3. The molecule has 4 heteroatoms. The van der Waals surface area contributed by atoms with Crippen molar-refractivity contribution in [2.45, 2.75) is 13.5 Å². The number of carbonyl (C=O) groups excluding carboxylic acids is 1. The molecule has 0 saturated heterocycles. The highest BCUT2D eigenvalue weighted by Crippen LogP contribution is 2.18. The zero-order valence-corrected chi connectivity index (χ0v) is 8.45. The van der Waals surface area contributed by atoms with Gasteiger partial charge in [-0.2, -0.15) is 0 Å². The number of esters is 1. The number of ether oxygens (including phenoxy) is 1. The summed E-state index contributed by atoms with van der Waals surface area (Å²) < 4.78 is 9.97. The van der Waals surface area contributed by atoms with Gasteiger partial charge in [-0.05, 0) is 19.1 Å². The van der Waals surface area contributed by atoms with Crippen LogP contribution in [-0.4, -0.2) is 11.1 Å². The van der Waals surface area contributed by atoms with E-state index in [0.717, 1.165) is 0 Å². The topological polar surface area (TPSA) is 59.7 Å². The molecule has 0 atom stereocenters. The first kappa shape index (κ1) is 11.3. The predicted octanol–water partition coefficient (Wildman–Crippen LogP) is 1.86. The summed E-state index contributed by atoms with van der Waals surface area (Å²) in [6.07, 6.45) is 0. The number of aliphatic hydroxyl groups is 1. The molecule has 0 unspecified atom stereocenters. The predicted molar refractivity (Wildman–Crippen MR) is 54.6 cm³/mol. The van der Waals surface area contributed by atoms with Gasteiger partial charge in [-0.15, -0.1) is 0 Å². The van der Waals surface area contributed by atoms with Gasteiger partial charge in [0.05, 0.1) is 0 Å². The largest absolute Gasteiger partial charge is 0.455 e. The van der Waals surface area contributed by atoms with Gasteiger partial charge in [0, 0.05) is 5.57 Å². The molecule has 1 heterocycles. The molecule has 1 aromatic rings. The van der Waals surface area contributed by atoms with Crippen molar-refractivity contribution in [1.29, 1.82) is 0 Å². The number of hydrogen-bond acceptors (Lipinski definition) is 4. The fourth-order valence-electron chi connectivity index (χ4n) is 0.862. The number of aliphatic hydroxyl groups excluding tert-OH is 1.